The SMILES string of the molecule is C[C@@H](NC(=O)CCCN1C(=O)c2ccccc2C1=O)c1ccc(-n2cncn2)cc1. The second-order valence-corrected chi connectivity index (χ2v) is 7.13. The Balaban J connectivity index is 1.27. The Morgan fingerprint density at radius 3 is 2.30 bits per heavy atom. The summed E-state index contributed by atoms with van der Waals surface area (Å²) in [6.45, 7) is 2.13. The second-order valence-electron chi connectivity index (χ2n) is 7.13. The number of nitrogens with zero attached hydrogens (tertiary/aromatic N) is 4. The van der Waals surface area contributed by atoms with Gasteiger partial charge in [-0.3, -0.25) is 19.3 Å². The molecule has 4 rings (SSSR count). The van der Waals surface area contributed by atoms with E-state index in [0.29, 0.717) is 17.5 Å². The largest absolute Gasteiger partial charge is 0.350 e. The third kappa shape index (κ3) is 3.84. The maximum atomic E-state index is 12.4. The first kappa shape index (κ1) is 19.5. The first-order valence-electron chi connectivity index (χ1n) is 9.74. The van der Waals surface area contributed by atoms with Gasteiger partial charge in [-0.1, -0.05) is 24.3 Å². The van der Waals surface area contributed by atoms with E-state index in [9.17, 15) is 14.4 Å². The average Bonchev–Trinajstić information content (AvgIpc) is 3.38. The number of aromatic nitrogens is 3. The molecule has 0 aliphatic carbocycles. The van der Waals surface area contributed by atoms with Crippen molar-refractivity contribution >= 4 is 17.7 Å². The molecule has 152 valence electrons. The van der Waals surface area contributed by atoms with E-state index in [2.05, 4.69) is 15.4 Å². The van der Waals surface area contributed by atoms with Crippen molar-refractivity contribution < 1.29 is 14.4 Å². The molecule has 1 aliphatic rings. The highest BCUT2D eigenvalue weighted by atomic mass is 16.2. The highest BCUT2D eigenvalue weighted by Gasteiger charge is 2.34. The normalized spacial score (nSPS) is 14.0. The molecule has 1 aromatic heterocycles. The van der Waals surface area contributed by atoms with Crippen LogP contribution in [0.3, 0.4) is 0 Å². The lowest BCUT2D eigenvalue weighted by molar-refractivity contribution is -0.121. The number of rotatable bonds is 7. The summed E-state index contributed by atoms with van der Waals surface area (Å²) < 4.78 is 1.66. The van der Waals surface area contributed by atoms with Crippen LogP contribution in [0.1, 0.15) is 52.1 Å². The van der Waals surface area contributed by atoms with Crippen LogP contribution >= 0.6 is 0 Å². The predicted molar refractivity (Wildman–Crippen MR) is 109 cm³/mol. The topological polar surface area (TPSA) is 97.2 Å². The molecule has 1 N–H and O–H groups in total. The summed E-state index contributed by atoms with van der Waals surface area (Å²) in [5.74, 6) is -0.715. The van der Waals surface area contributed by atoms with Crippen LogP contribution in [0.4, 0.5) is 0 Å². The van der Waals surface area contributed by atoms with Gasteiger partial charge in [0.15, 0.2) is 0 Å². The Hall–Kier alpha value is -3.81. The van der Waals surface area contributed by atoms with Crippen molar-refractivity contribution in [2.75, 3.05) is 6.54 Å². The molecule has 0 saturated carbocycles. The van der Waals surface area contributed by atoms with Crippen molar-refractivity contribution in [1.29, 1.82) is 0 Å². The van der Waals surface area contributed by atoms with Crippen molar-refractivity contribution in [2.45, 2.75) is 25.8 Å². The molecule has 30 heavy (non-hydrogen) atoms. The van der Waals surface area contributed by atoms with Gasteiger partial charge in [0, 0.05) is 13.0 Å². The third-order valence-corrected chi connectivity index (χ3v) is 5.12. The molecule has 0 spiro atoms. The molecule has 2 heterocycles. The number of benzene rings is 2. The molecule has 0 unspecified atom stereocenters. The highest BCUT2D eigenvalue weighted by Crippen LogP contribution is 2.22. The van der Waals surface area contributed by atoms with Crippen LogP contribution in [0.15, 0.2) is 61.2 Å². The first-order chi connectivity index (χ1) is 14.5. The molecule has 0 radical (unpaired) electrons. The van der Waals surface area contributed by atoms with Gasteiger partial charge in [0.25, 0.3) is 11.8 Å². The molecular formula is C22H21N5O3. The summed E-state index contributed by atoms with van der Waals surface area (Å²) in [5, 5.41) is 7.04. The maximum Gasteiger partial charge on any atom is 0.261 e. The summed E-state index contributed by atoms with van der Waals surface area (Å²) >= 11 is 0. The van der Waals surface area contributed by atoms with E-state index in [4.69, 9.17) is 0 Å². The monoisotopic (exact) mass is 403 g/mol. The van der Waals surface area contributed by atoms with E-state index in [0.717, 1.165) is 11.3 Å². The fourth-order valence-corrected chi connectivity index (χ4v) is 3.49. The van der Waals surface area contributed by atoms with E-state index in [1.54, 1.807) is 35.3 Å². The molecule has 3 aromatic rings. The molecule has 0 bridgehead atoms. The lowest BCUT2D eigenvalue weighted by Gasteiger charge is -2.16. The number of carbonyl (C=O) groups excluding carboxylic acids is 3. The zero-order chi connectivity index (χ0) is 21.1. The van der Waals surface area contributed by atoms with Crippen LogP contribution in [0.25, 0.3) is 5.69 Å². The first-order valence-corrected chi connectivity index (χ1v) is 9.74. The predicted octanol–water partition coefficient (Wildman–Crippen LogP) is 2.52. The van der Waals surface area contributed by atoms with E-state index in [1.165, 1.54) is 11.2 Å². The number of amides is 3. The Kier molecular flexibility index (Phi) is 5.38. The number of hydrogen-bond acceptors (Lipinski definition) is 5. The molecule has 0 fully saturated rings. The molecule has 8 heteroatoms. The van der Waals surface area contributed by atoms with Gasteiger partial charge in [-0.2, -0.15) is 5.10 Å². The minimum Gasteiger partial charge on any atom is -0.350 e. The second kappa shape index (κ2) is 8.28. The third-order valence-electron chi connectivity index (χ3n) is 5.12. The van der Waals surface area contributed by atoms with Gasteiger partial charge in [0.2, 0.25) is 5.91 Å². The number of fused-ring (bicyclic) bond motifs is 1. The maximum absolute atomic E-state index is 12.4. The van der Waals surface area contributed by atoms with Crippen LogP contribution in [0.5, 0.6) is 0 Å². The number of carbonyl (C=O) groups is 3. The van der Waals surface area contributed by atoms with E-state index < -0.39 is 0 Å². The van der Waals surface area contributed by atoms with Gasteiger partial charge in [-0.15, -0.1) is 0 Å². The van der Waals surface area contributed by atoms with E-state index >= 15 is 0 Å². The Morgan fingerprint density at radius 2 is 1.70 bits per heavy atom. The minimum atomic E-state index is -0.295. The minimum absolute atomic E-state index is 0.125. The number of nitrogens with one attached hydrogen (secondary N) is 1. The summed E-state index contributed by atoms with van der Waals surface area (Å²) in [7, 11) is 0. The van der Waals surface area contributed by atoms with Gasteiger partial charge in [-0.05, 0) is 43.2 Å². The fraction of sp³-hybridized carbons (Fsp3) is 0.227. The van der Waals surface area contributed by atoms with Gasteiger partial charge in [0.1, 0.15) is 12.7 Å². The zero-order valence-electron chi connectivity index (χ0n) is 16.5. The molecule has 3 amide bonds. The van der Waals surface area contributed by atoms with Gasteiger partial charge >= 0.3 is 0 Å². The lowest BCUT2D eigenvalue weighted by atomic mass is 10.1. The summed E-state index contributed by atoms with van der Waals surface area (Å²) in [4.78, 5) is 42.2. The summed E-state index contributed by atoms with van der Waals surface area (Å²) in [6, 6.07) is 14.3. The standard InChI is InChI=1S/C22H21N5O3/c1-15(16-8-10-17(11-9-16)27-14-23-13-24-27)25-20(28)7-4-12-26-21(29)18-5-2-3-6-19(18)22(26)30/h2-3,5-6,8-11,13-15H,4,7,12H2,1H3,(H,25,28)/t15-/m1/s1. The Morgan fingerprint density at radius 1 is 1.03 bits per heavy atom. The van der Waals surface area contributed by atoms with Gasteiger partial charge in [0.05, 0.1) is 22.9 Å². The van der Waals surface area contributed by atoms with Crippen molar-refractivity contribution in [1.82, 2.24) is 25.0 Å². The van der Waals surface area contributed by atoms with E-state index in [1.807, 2.05) is 31.2 Å². The Bertz CT molecular complexity index is 1040. The fourth-order valence-electron chi connectivity index (χ4n) is 3.49. The van der Waals surface area contributed by atoms with Crippen molar-refractivity contribution in [3.8, 4) is 5.69 Å². The smallest absolute Gasteiger partial charge is 0.261 e. The quantitative estimate of drug-likeness (QED) is 0.612. The van der Waals surface area contributed by atoms with Crippen LogP contribution in [-0.2, 0) is 4.79 Å². The highest BCUT2D eigenvalue weighted by molar-refractivity contribution is 6.21. The van der Waals surface area contributed by atoms with Crippen molar-refractivity contribution in [3.63, 3.8) is 0 Å². The van der Waals surface area contributed by atoms with Crippen molar-refractivity contribution in [2.24, 2.45) is 0 Å². The van der Waals surface area contributed by atoms with Crippen LogP contribution in [-0.4, -0.2) is 43.9 Å². The molecule has 1 atom stereocenters. The average molecular weight is 403 g/mol. The molecule has 2 aromatic carbocycles. The number of imide groups is 1. The summed E-state index contributed by atoms with van der Waals surface area (Å²) in [6.07, 6.45) is 3.73. The van der Waals surface area contributed by atoms with Gasteiger partial charge < -0.3 is 5.32 Å². The van der Waals surface area contributed by atoms with Crippen molar-refractivity contribution in [3.05, 3.63) is 77.9 Å². The van der Waals surface area contributed by atoms with Crippen LogP contribution in [0.2, 0.25) is 0 Å². The molecule has 8 nitrogen and oxygen atoms in total. The molecule has 1 aliphatic heterocycles. The zero-order valence-corrected chi connectivity index (χ0v) is 16.5. The van der Waals surface area contributed by atoms with E-state index in [-0.39, 0.29) is 36.7 Å². The lowest BCUT2D eigenvalue weighted by Crippen LogP contribution is -2.32. The summed E-state index contributed by atoms with van der Waals surface area (Å²) in [5.41, 5.74) is 2.70. The van der Waals surface area contributed by atoms with Crippen LogP contribution in [0, 0.1) is 0 Å². The van der Waals surface area contributed by atoms with Crippen LogP contribution < -0.4 is 5.32 Å². The molecule has 0 saturated heterocycles. The Labute approximate surface area is 173 Å². The number of hydrogen-bond donors (Lipinski definition) is 1. The van der Waals surface area contributed by atoms with Gasteiger partial charge in [-0.25, -0.2) is 9.67 Å². The molecular weight excluding hydrogens is 382 g/mol.